The number of para-hydroxylation sites is 1. The van der Waals surface area contributed by atoms with Gasteiger partial charge in [0, 0.05) is 5.39 Å². The van der Waals surface area contributed by atoms with Gasteiger partial charge in [-0.2, -0.15) is 5.10 Å². The number of hydrogen-bond acceptors (Lipinski definition) is 1. The Morgan fingerprint density at radius 2 is 2.00 bits per heavy atom. The number of nitrogens with zero attached hydrogens (tertiary/aromatic N) is 1. The standard InChI is InChI=1S/C7H6N2.BH3/c1-2-4-7-6(3-1)5-8-9-7;/h1-5H,(H,8,9);1H3. The molecule has 0 aliphatic rings. The molecule has 2 nitrogen and oxygen atoms in total. The molecule has 0 spiro atoms. The molecule has 1 aromatic carbocycles. The first-order valence-corrected chi connectivity index (χ1v) is 2.85. The predicted octanol–water partition coefficient (Wildman–Crippen LogP) is 0.379. The number of rotatable bonds is 0. The average molecular weight is 132 g/mol. The fourth-order valence-corrected chi connectivity index (χ4v) is 0.883. The summed E-state index contributed by atoms with van der Waals surface area (Å²) < 4.78 is 0. The molecule has 1 N–H and O–H groups in total. The van der Waals surface area contributed by atoms with E-state index < -0.39 is 0 Å². The van der Waals surface area contributed by atoms with Crippen LogP contribution in [-0.4, -0.2) is 18.6 Å². The first-order valence-electron chi connectivity index (χ1n) is 2.85. The van der Waals surface area contributed by atoms with E-state index in [0.29, 0.717) is 0 Å². The Bertz CT molecular complexity index is 286. The van der Waals surface area contributed by atoms with E-state index in [1.54, 1.807) is 0 Å². The molecule has 0 aliphatic carbocycles. The van der Waals surface area contributed by atoms with E-state index in [4.69, 9.17) is 0 Å². The van der Waals surface area contributed by atoms with Gasteiger partial charge in [-0.05, 0) is 6.07 Å². The van der Waals surface area contributed by atoms with E-state index in [-0.39, 0.29) is 8.41 Å². The smallest absolute Gasteiger partial charge is 0.0814 e. The van der Waals surface area contributed by atoms with Crippen LogP contribution in [0.4, 0.5) is 0 Å². The van der Waals surface area contributed by atoms with Crippen molar-refractivity contribution in [1.82, 2.24) is 10.2 Å². The second-order valence-corrected chi connectivity index (χ2v) is 1.96. The molecule has 50 valence electrons. The number of benzene rings is 1. The van der Waals surface area contributed by atoms with E-state index in [1.165, 1.54) is 0 Å². The highest BCUT2D eigenvalue weighted by Gasteiger charge is 1.88. The molecule has 1 heterocycles. The lowest BCUT2D eigenvalue weighted by Crippen LogP contribution is -1.63. The molecule has 2 aromatic rings. The van der Waals surface area contributed by atoms with Crippen LogP contribution in [-0.2, 0) is 0 Å². The number of fused-ring (bicyclic) bond motifs is 1. The zero-order valence-corrected chi connectivity index (χ0v) is 4.83. The summed E-state index contributed by atoms with van der Waals surface area (Å²) in [5, 5.41) is 7.91. The van der Waals surface area contributed by atoms with Crippen molar-refractivity contribution in [3.05, 3.63) is 30.5 Å². The molecular weight excluding hydrogens is 123 g/mol. The summed E-state index contributed by atoms with van der Waals surface area (Å²) in [5.41, 5.74) is 1.09. The molecule has 10 heavy (non-hydrogen) atoms. The van der Waals surface area contributed by atoms with Crippen molar-refractivity contribution in [2.45, 2.75) is 0 Å². The third-order valence-electron chi connectivity index (χ3n) is 1.35. The number of aromatic nitrogens is 2. The fourth-order valence-electron chi connectivity index (χ4n) is 0.883. The van der Waals surface area contributed by atoms with Crippen molar-refractivity contribution in [3.63, 3.8) is 0 Å². The van der Waals surface area contributed by atoms with Crippen LogP contribution in [0.5, 0.6) is 0 Å². The number of aromatic amines is 1. The van der Waals surface area contributed by atoms with Crippen LogP contribution in [0.25, 0.3) is 10.9 Å². The maximum atomic E-state index is 3.88. The fraction of sp³-hybridized carbons (Fsp3) is 0. The highest BCUT2D eigenvalue weighted by molar-refractivity contribution is 5.77. The van der Waals surface area contributed by atoms with E-state index >= 15 is 0 Å². The Morgan fingerprint density at radius 3 is 2.80 bits per heavy atom. The molecular formula is C7H9BN2. The lowest BCUT2D eigenvalue weighted by Gasteiger charge is -1.81. The second-order valence-electron chi connectivity index (χ2n) is 1.96. The Kier molecular flexibility index (Phi) is 1.76. The molecule has 0 saturated carbocycles. The van der Waals surface area contributed by atoms with Gasteiger partial charge in [-0.25, -0.2) is 0 Å². The van der Waals surface area contributed by atoms with Gasteiger partial charge in [-0.3, -0.25) is 5.10 Å². The Labute approximate surface area is 60.8 Å². The van der Waals surface area contributed by atoms with Crippen LogP contribution in [0, 0.1) is 0 Å². The molecule has 0 radical (unpaired) electrons. The second kappa shape index (κ2) is 2.56. The van der Waals surface area contributed by atoms with E-state index in [0.717, 1.165) is 10.9 Å². The first-order chi connectivity index (χ1) is 4.47. The molecule has 3 heteroatoms. The van der Waals surface area contributed by atoms with Crippen molar-refractivity contribution in [1.29, 1.82) is 0 Å². The van der Waals surface area contributed by atoms with Gasteiger partial charge in [0.25, 0.3) is 0 Å². The van der Waals surface area contributed by atoms with Gasteiger partial charge < -0.3 is 0 Å². The number of hydrogen-bond donors (Lipinski definition) is 1. The predicted molar refractivity (Wildman–Crippen MR) is 46.0 cm³/mol. The molecule has 0 bridgehead atoms. The lowest BCUT2D eigenvalue weighted by molar-refractivity contribution is 1.12. The molecule has 1 aromatic heterocycles. The minimum Gasteiger partial charge on any atom is -0.278 e. The zero-order valence-electron chi connectivity index (χ0n) is 4.83. The zero-order chi connectivity index (χ0) is 6.10. The number of H-pyrrole nitrogens is 1. The van der Waals surface area contributed by atoms with E-state index in [1.807, 2.05) is 30.5 Å². The van der Waals surface area contributed by atoms with Crippen LogP contribution >= 0.6 is 0 Å². The third kappa shape index (κ3) is 0.901. The van der Waals surface area contributed by atoms with Crippen molar-refractivity contribution in [2.75, 3.05) is 0 Å². The molecule has 0 atom stereocenters. The molecule has 0 unspecified atom stereocenters. The topological polar surface area (TPSA) is 28.7 Å². The Hall–Kier alpha value is -1.25. The molecule has 0 amide bonds. The van der Waals surface area contributed by atoms with Crippen molar-refractivity contribution >= 4 is 19.3 Å². The van der Waals surface area contributed by atoms with Gasteiger partial charge in [-0.1, -0.05) is 18.2 Å². The van der Waals surface area contributed by atoms with Crippen molar-refractivity contribution in [3.8, 4) is 0 Å². The summed E-state index contributed by atoms with van der Waals surface area (Å²) >= 11 is 0. The lowest BCUT2D eigenvalue weighted by atomic mass is 10.3. The third-order valence-corrected chi connectivity index (χ3v) is 1.35. The highest BCUT2D eigenvalue weighted by atomic mass is 15.1. The van der Waals surface area contributed by atoms with Crippen LogP contribution in [0.1, 0.15) is 0 Å². The SMILES string of the molecule is B.c1ccc2[nH]ncc2c1. The van der Waals surface area contributed by atoms with E-state index in [2.05, 4.69) is 10.2 Å². The van der Waals surface area contributed by atoms with Gasteiger partial charge in [0.1, 0.15) is 0 Å². The normalized spacial score (nSPS) is 9.20. The van der Waals surface area contributed by atoms with Crippen LogP contribution in [0.2, 0.25) is 0 Å². The summed E-state index contributed by atoms with van der Waals surface area (Å²) in [6, 6.07) is 8.01. The maximum absolute atomic E-state index is 3.88. The molecule has 0 aliphatic heterocycles. The highest BCUT2D eigenvalue weighted by Crippen LogP contribution is 2.06. The summed E-state index contributed by atoms with van der Waals surface area (Å²) in [5.74, 6) is 0. The Morgan fingerprint density at radius 1 is 1.20 bits per heavy atom. The minimum absolute atomic E-state index is 0. The molecule has 0 fully saturated rings. The van der Waals surface area contributed by atoms with Crippen LogP contribution in [0.3, 0.4) is 0 Å². The molecule has 2 rings (SSSR count). The summed E-state index contributed by atoms with van der Waals surface area (Å²) in [7, 11) is 0. The average Bonchev–Trinajstić information content (AvgIpc) is 2.33. The quantitative estimate of drug-likeness (QED) is 0.515. The monoisotopic (exact) mass is 132 g/mol. The van der Waals surface area contributed by atoms with Crippen LogP contribution in [0.15, 0.2) is 30.5 Å². The van der Waals surface area contributed by atoms with Gasteiger partial charge in [0.05, 0.1) is 20.1 Å². The summed E-state index contributed by atoms with van der Waals surface area (Å²) in [6.07, 6.45) is 1.81. The molecule has 0 saturated heterocycles. The van der Waals surface area contributed by atoms with Crippen molar-refractivity contribution < 1.29 is 0 Å². The largest absolute Gasteiger partial charge is 0.278 e. The van der Waals surface area contributed by atoms with Gasteiger partial charge >= 0.3 is 0 Å². The van der Waals surface area contributed by atoms with Gasteiger partial charge in [0.15, 0.2) is 0 Å². The number of nitrogens with one attached hydrogen (secondary N) is 1. The first kappa shape index (κ1) is 6.87. The van der Waals surface area contributed by atoms with Gasteiger partial charge in [-0.15, -0.1) is 0 Å². The maximum Gasteiger partial charge on any atom is 0.0814 e. The van der Waals surface area contributed by atoms with Crippen molar-refractivity contribution in [2.24, 2.45) is 0 Å². The van der Waals surface area contributed by atoms with Gasteiger partial charge in [0.2, 0.25) is 0 Å². The minimum atomic E-state index is 0. The summed E-state index contributed by atoms with van der Waals surface area (Å²) in [6.45, 7) is 0. The van der Waals surface area contributed by atoms with E-state index in [9.17, 15) is 0 Å². The summed E-state index contributed by atoms with van der Waals surface area (Å²) in [4.78, 5) is 0. The Balaban J connectivity index is 0.000000500. The van der Waals surface area contributed by atoms with Crippen LogP contribution < -0.4 is 0 Å².